The lowest BCUT2D eigenvalue weighted by Gasteiger charge is -2.29. The Hall–Kier alpha value is -3.32. The first-order chi connectivity index (χ1) is 14.5. The lowest BCUT2D eigenvalue weighted by Crippen LogP contribution is -2.36. The third kappa shape index (κ3) is 4.16. The zero-order valence-corrected chi connectivity index (χ0v) is 17.2. The molecule has 3 amide bonds. The van der Waals surface area contributed by atoms with Gasteiger partial charge in [0.15, 0.2) is 0 Å². The Morgan fingerprint density at radius 2 is 1.83 bits per heavy atom. The normalized spacial score (nSPS) is 18.1. The molecule has 2 aliphatic heterocycles. The number of amides is 3. The van der Waals surface area contributed by atoms with Crippen molar-refractivity contribution in [2.75, 3.05) is 38.3 Å². The van der Waals surface area contributed by atoms with Gasteiger partial charge in [-0.05, 0) is 30.7 Å². The number of urea groups is 1. The number of carbonyl (C=O) groups is 2. The predicted octanol–water partition coefficient (Wildman–Crippen LogP) is 2.93. The van der Waals surface area contributed by atoms with Crippen LogP contribution in [0, 0.1) is 6.92 Å². The van der Waals surface area contributed by atoms with Gasteiger partial charge < -0.3 is 19.7 Å². The third-order valence-corrected chi connectivity index (χ3v) is 5.32. The first-order valence-corrected chi connectivity index (χ1v) is 9.96. The molecule has 0 saturated carbocycles. The summed E-state index contributed by atoms with van der Waals surface area (Å²) in [6.45, 7) is 5.28. The summed E-state index contributed by atoms with van der Waals surface area (Å²) >= 11 is 0. The summed E-state index contributed by atoms with van der Waals surface area (Å²) in [7, 11) is 1.60. The van der Waals surface area contributed by atoms with Gasteiger partial charge in [0, 0.05) is 30.4 Å². The molecular formula is C23H25N3O4. The number of ether oxygens (including phenoxy) is 2. The number of nitrogens with one attached hydrogen (secondary N) is 1. The van der Waals surface area contributed by atoms with E-state index in [1.165, 1.54) is 4.90 Å². The maximum absolute atomic E-state index is 12.8. The average molecular weight is 407 g/mol. The lowest BCUT2D eigenvalue weighted by atomic mass is 10.1. The molecule has 156 valence electrons. The highest BCUT2D eigenvalue weighted by atomic mass is 16.5. The quantitative estimate of drug-likeness (QED) is 0.610. The summed E-state index contributed by atoms with van der Waals surface area (Å²) in [4.78, 5) is 28.6. The van der Waals surface area contributed by atoms with Gasteiger partial charge in [-0.2, -0.15) is 0 Å². The molecule has 0 aromatic heterocycles. The van der Waals surface area contributed by atoms with Gasteiger partial charge in [-0.15, -0.1) is 0 Å². The van der Waals surface area contributed by atoms with Crippen molar-refractivity contribution >= 4 is 23.7 Å². The number of imide groups is 1. The molecule has 0 atom stereocenters. The fourth-order valence-corrected chi connectivity index (χ4v) is 3.58. The first-order valence-electron chi connectivity index (χ1n) is 9.96. The molecule has 7 nitrogen and oxygen atoms in total. The van der Waals surface area contributed by atoms with E-state index in [4.69, 9.17) is 9.47 Å². The number of benzene rings is 2. The zero-order valence-electron chi connectivity index (χ0n) is 17.2. The Morgan fingerprint density at radius 3 is 2.53 bits per heavy atom. The van der Waals surface area contributed by atoms with E-state index in [0.29, 0.717) is 19.0 Å². The molecule has 7 heteroatoms. The Kier molecular flexibility index (Phi) is 5.72. The van der Waals surface area contributed by atoms with E-state index in [9.17, 15) is 9.59 Å². The van der Waals surface area contributed by atoms with Crippen molar-refractivity contribution in [1.82, 2.24) is 10.2 Å². The van der Waals surface area contributed by atoms with Gasteiger partial charge in [-0.3, -0.25) is 9.69 Å². The highest BCUT2D eigenvalue weighted by molar-refractivity contribution is 6.14. The molecule has 4 rings (SSSR count). The molecule has 2 aromatic rings. The van der Waals surface area contributed by atoms with Crippen LogP contribution in [0.15, 0.2) is 48.2 Å². The predicted molar refractivity (Wildman–Crippen MR) is 114 cm³/mol. The third-order valence-electron chi connectivity index (χ3n) is 5.32. The summed E-state index contributed by atoms with van der Waals surface area (Å²) in [5, 5.41) is 2.68. The maximum Gasteiger partial charge on any atom is 0.329 e. The molecule has 0 aliphatic carbocycles. The fourth-order valence-electron chi connectivity index (χ4n) is 3.58. The van der Waals surface area contributed by atoms with Crippen LogP contribution < -0.4 is 15.0 Å². The van der Waals surface area contributed by atoms with Crippen LogP contribution in [0.1, 0.15) is 16.7 Å². The number of rotatable bonds is 5. The average Bonchev–Trinajstić information content (AvgIpc) is 3.03. The fraction of sp³-hybridized carbons (Fsp3) is 0.304. The van der Waals surface area contributed by atoms with E-state index < -0.39 is 6.03 Å². The molecule has 2 aliphatic rings. The molecule has 0 bridgehead atoms. The van der Waals surface area contributed by atoms with Crippen LogP contribution in [-0.2, 0) is 16.1 Å². The van der Waals surface area contributed by atoms with Crippen LogP contribution in [0.3, 0.4) is 0 Å². The largest absolute Gasteiger partial charge is 0.496 e. The monoisotopic (exact) mass is 407 g/mol. The van der Waals surface area contributed by atoms with E-state index in [0.717, 1.165) is 35.5 Å². The summed E-state index contributed by atoms with van der Waals surface area (Å²) in [6.07, 6.45) is 1.66. The minimum Gasteiger partial charge on any atom is -0.496 e. The Bertz CT molecular complexity index is 978. The summed E-state index contributed by atoms with van der Waals surface area (Å²) in [6, 6.07) is 13.2. The number of hydrogen-bond donors (Lipinski definition) is 1. The van der Waals surface area contributed by atoms with E-state index in [1.807, 2.05) is 49.4 Å². The maximum atomic E-state index is 12.8. The minimum atomic E-state index is -0.421. The molecule has 0 spiro atoms. The highest BCUT2D eigenvalue weighted by Gasteiger charge is 2.33. The number of morpholine rings is 1. The van der Waals surface area contributed by atoms with Gasteiger partial charge in [0.05, 0.1) is 26.9 Å². The Morgan fingerprint density at radius 1 is 1.10 bits per heavy atom. The topological polar surface area (TPSA) is 71.1 Å². The Labute approximate surface area is 175 Å². The molecule has 2 fully saturated rings. The second kappa shape index (κ2) is 8.59. The Balaban J connectivity index is 1.54. The lowest BCUT2D eigenvalue weighted by molar-refractivity contribution is -0.123. The summed E-state index contributed by atoms with van der Waals surface area (Å²) in [5.74, 6) is 0.297. The number of methoxy groups -OCH3 is 1. The number of anilines is 1. The molecule has 0 radical (unpaired) electrons. The van der Waals surface area contributed by atoms with E-state index in [1.54, 1.807) is 13.2 Å². The molecule has 2 aromatic carbocycles. The van der Waals surface area contributed by atoms with E-state index in [2.05, 4.69) is 10.2 Å². The number of aryl methyl sites for hydroxylation is 1. The minimum absolute atomic E-state index is 0.232. The van der Waals surface area contributed by atoms with Crippen molar-refractivity contribution in [2.45, 2.75) is 13.5 Å². The van der Waals surface area contributed by atoms with Gasteiger partial charge in [0.25, 0.3) is 5.91 Å². The molecule has 30 heavy (non-hydrogen) atoms. The van der Waals surface area contributed by atoms with Crippen molar-refractivity contribution in [3.63, 3.8) is 0 Å². The van der Waals surface area contributed by atoms with Crippen molar-refractivity contribution < 1.29 is 19.1 Å². The molecule has 0 unspecified atom stereocenters. The van der Waals surface area contributed by atoms with Crippen LogP contribution >= 0.6 is 0 Å². The first kappa shape index (κ1) is 20.0. The van der Waals surface area contributed by atoms with Crippen molar-refractivity contribution in [2.24, 2.45) is 0 Å². The SMILES string of the molecule is COc1cc(N2CCOCC2)ccc1/C=C1\NC(=O)N(Cc2ccc(C)cc2)C1=O. The summed E-state index contributed by atoms with van der Waals surface area (Å²) in [5.41, 5.74) is 4.04. The second-order valence-electron chi connectivity index (χ2n) is 7.39. The van der Waals surface area contributed by atoms with Crippen molar-refractivity contribution in [1.29, 1.82) is 0 Å². The van der Waals surface area contributed by atoms with Crippen molar-refractivity contribution in [3.8, 4) is 5.75 Å². The summed E-state index contributed by atoms with van der Waals surface area (Å²) < 4.78 is 10.9. The van der Waals surface area contributed by atoms with Gasteiger partial charge in [-0.25, -0.2) is 4.79 Å². The molecule has 2 heterocycles. The highest BCUT2D eigenvalue weighted by Crippen LogP contribution is 2.29. The van der Waals surface area contributed by atoms with Crippen LogP contribution in [0.5, 0.6) is 5.75 Å². The van der Waals surface area contributed by atoms with Crippen molar-refractivity contribution in [3.05, 3.63) is 64.9 Å². The number of carbonyl (C=O) groups excluding carboxylic acids is 2. The van der Waals surface area contributed by atoms with E-state index in [-0.39, 0.29) is 18.1 Å². The van der Waals surface area contributed by atoms with E-state index >= 15 is 0 Å². The van der Waals surface area contributed by atoms with Crippen LogP contribution in [0.25, 0.3) is 6.08 Å². The molecule has 2 saturated heterocycles. The standard InChI is InChI=1S/C23H25N3O4/c1-16-3-5-17(6-4-16)15-26-22(27)20(24-23(26)28)13-18-7-8-19(14-21(18)29-2)25-9-11-30-12-10-25/h3-8,13-14H,9-12,15H2,1-2H3,(H,24,28)/b20-13-. The number of hydrogen-bond acceptors (Lipinski definition) is 5. The second-order valence-corrected chi connectivity index (χ2v) is 7.39. The number of nitrogens with zero attached hydrogens (tertiary/aromatic N) is 2. The van der Waals surface area contributed by atoms with Crippen LogP contribution in [0.2, 0.25) is 0 Å². The van der Waals surface area contributed by atoms with Gasteiger partial charge in [0.2, 0.25) is 0 Å². The van der Waals surface area contributed by atoms with Gasteiger partial charge >= 0.3 is 6.03 Å². The zero-order chi connectivity index (χ0) is 21.1. The smallest absolute Gasteiger partial charge is 0.329 e. The van der Waals surface area contributed by atoms with Gasteiger partial charge in [-0.1, -0.05) is 29.8 Å². The van der Waals surface area contributed by atoms with Crippen LogP contribution in [-0.4, -0.2) is 50.3 Å². The van der Waals surface area contributed by atoms with Crippen LogP contribution in [0.4, 0.5) is 10.5 Å². The van der Waals surface area contributed by atoms with Gasteiger partial charge in [0.1, 0.15) is 11.4 Å². The molecule has 1 N–H and O–H groups in total. The molecular weight excluding hydrogens is 382 g/mol.